The molecule has 0 fully saturated rings. The largest absolute Gasteiger partial charge is 0.495 e. The van der Waals surface area contributed by atoms with E-state index in [0.29, 0.717) is 17.2 Å². The van der Waals surface area contributed by atoms with Gasteiger partial charge in [-0.15, -0.1) is 0 Å². The van der Waals surface area contributed by atoms with Crippen molar-refractivity contribution in [3.8, 4) is 5.75 Å². The van der Waals surface area contributed by atoms with Crippen LogP contribution in [0.2, 0.25) is 5.02 Å². The summed E-state index contributed by atoms with van der Waals surface area (Å²) in [6.45, 7) is 2.09. The van der Waals surface area contributed by atoms with Gasteiger partial charge in [-0.2, -0.15) is 0 Å². The van der Waals surface area contributed by atoms with E-state index < -0.39 is 12.1 Å². The van der Waals surface area contributed by atoms with Crippen molar-refractivity contribution in [1.82, 2.24) is 0 Å². The lowest BCUT2D eigenvalue weighted by Gasteiger charge is -2.19. The Hall–Kier alpha value is -0.770. The minimum Gasteiger partial charge on any atom is -0.495 e. The molecule has 3 N–H and O–H groups in total. The number of nitrogens with two attached hydrogens (primary N) is 1. The van der Waals surface area contributed by atoms with Gasteiger partial charge >= 0.3 is 0 Å². The second-order valence-corrected chi connectivity index (χ2v) is 4.54. The Bertz CT molecular complexity index is 357. The summed E-state index contributed by atoms with van der Waals surface area (Å²) >= 11 is 5.94. The highest BCUT2D eigenvalue weighted by Gasteiger charge is 2.17. The first kappa shape index (κ1) is 14.3. The number of aliphatic hydroxyl groups excluding tert-OH is 1. The number of unbranched alkanes of at least 4 members (excludes halogenated alkanes) is 1. The fraction of sp³-hybridized carbons (Fsp3) is 0.538. The Kier molecular flexibility index (Phi) is 5.75. The van der Waals surface area contributed by atoms with Gasteiger partial charge in [0.2, 0.25) is 0 Å². The number of aliphatic hydroxyl groups is 1. The van der Waals surface area contributed by atoms with Crippen LogP contribution in [-0.4, -0.2) is 18.3 Å². The van der Waals surface area contributed by atoms with Gasteiger partial charge in [-0.1, -0.05) is 37.4 Å². The van der Waals surface area contributed by atoms with E-state index in [9.17, 15) is 5.11 Å². The Morgan fingerprint density at radius 2 is 2.18 bits per heavy atom. The third-order valence-corrected chi connectivity index (χ3v) is 3.14. The molecule has 1 aromatic carbocycles. The molecule has 0 aromatic heterocycles. The van der Waals surface area contributed by atoms with Crippen LogP contribution in [0.1, 0.15) is 37.8 Å². The molecule has 0 aliphatic heterocycles. The number of methoxy groups -OCH3 is 1. The topological polar surface area (TPSA) is 55.5 Å². The monoisotopic (exact) mass is 257 g/mol. The van der Waals surface area contributed by atoms with E-state index in [1.807, 2.05) is 6.07 Å². The number of halogens is 1. The minimum atomic E-state index is -0.527. The van der Waals surface area contributed by atoms with E-state index in [2.05, 4.69) is 6.92 Å². The van der Waals surface area contributed by atoms with Gasteiger partial charge in [0.1, 0.15) is 5.75 Å². The predicted molar refractivity (Wildman–Crippen MR) is 70.5 cm³/mol. The average Bonchev–Trinajstić information content (AvgIpc) is 2.35. The molecule has 0 saturated carbocycles. The Balaban J connectivity index is 2.77. The summed E-state index contributed by atoms with van der Waals surface area (Å²) in [5.74, 6) is 0.585. The van der Waals surface area contributed by atoms with Crippen LogP contribution in [0.3, 0.4) is 0 Å². The normalized spacial score (nSPS) is 14.4. The summed E-state index contributed by atoms with van der Waals surface area (Å²) in [7, 11) is 1.56. The van der Waals surface area contributed by atoms with E-state index in [4.69, 9.17) is 22.1 Å². The zero-order valence-corrected chi connectivity index (χ0v) is 11.1. The average molecular weight is 258 g/mol. The van der Waals surface area contributed by atoms with Crippen molar-refractivity contribution in [3.05, 3.63) is 28.8 Å². The lowest BCUT2D eigenvalue weighted by atomic mass is 9.98. The minimum absolute atomic E-state index is 0.396. The van der Waals surface area contributed by atoms with Gasteiger partial charge in [0.05, 0.1) is 24.3 Å². The van der Waals surface area contributed by atoms with Gasteiger partial charge in [0, 0.05) is 0 Å². The molecular weight excluding hydrogens is 238 g/mol. The molecule has 0 heterocycles. The highest BCUT2D eigenvalue weighted by molar-refractivity contribution is 6.32. The quantitative estimate of drug-likeness (QED) is 0.824. The van der Waals surface area contributed by atoms with Gasteiger partial charge in [-0.05, 0) is 24.1 Å². The first-order valence-electron chi connectivity index (χ1n) is 5.87. The van der Waals surface area contributed by atoms with Gasteiger partial charge in [-0.3, -0.25) is 0 Å². The zero-order valence-electron chi connectivity index (χ0n) is 10.3. The summed E-state index contributed by atoms with van der Waals surface area (Å²) in [6, 6.07) is 4.95. The molecule has 3 nitrogen and oxygen atoms in total. The van der Waals surface area contributed by atoms with E-state index in [0.717, 1.165) is 18.4 Å². The van der Waals surface area contributed by atoms with Crippen molar-refractivity contribution in [2.75, 3.05) is 7.11 Å². The molecule has 1 aromatic rings. The summed E-state index contributed by atoms with van der Waals surface area (Å²) < 4.78 is 5.13. The number of ether oxygens (including phenoxy) is 1. The molecule has 0 saturated heterocycles. The summed E-state index contributed by atoms with van der Waals surface area (Å²) in [6.07, 6.45) is 2.21. The molecule has 2 atom stereocenters. The first-order chi connectivity index (χ1) is 8.10. The number of hydrogen-bond acceptors (Lipinski definition) is 3. The molecular formula is C13H20ClNO2. The van der Waals surface area contributed by atoms with Crippen LogP contribution in [0.15, 0.2) is 18.2 Å². The van der Waals surface area contributed by atoms with Crippen molar-refractivity contribution in [3.63, 3.8) is 0 Å². The molecule has 0 unspecified atom stereocenters. The molecule has 96 valence electrons. The van der Waals surface area contributed by atoms with Crippen molar-refractivity contribution < 1.29 is 9.84 Å². The molecule has 0 radical (unpaired) electrons. The fourth-order valence-corrected chi connectivity index (χ4v) is 1.89. The molecule has 0 bridgehead atoms. The Labute approximate surface area is 108 Å². The smallest absolute Gasteiger partial charge is 0.137 e. The molecule has 0 aliphatic rings. The maximum Gasteiger partial charge on any atom is 0.137 e. The van der Waals surface area contributed by atoms with Crippen LogP contribution in [0, 0.1) is 0 Å². The second-order valence-electron chi connectivity index (χ2n) is 4.13. The fourth-order valence-electron chi connectivity index (χ4n) is 1.70. The lowest BCUT2D eigenvalue weighted by Crippen LogP contribution is -2.26. The standard InChI is InChI=1S/C13H20ClNO2/c1-3-4-5-11(16)13(15)9-6-7-10(14)12(8-9)17-2/h6-8,11,13,16H,3-5,15H2,1-2H3/t11-,13+/m1/s1. The van der Waals surface area contributed by atoms with Crippen LogP contribution in [0.4, 0.5) is 0 Å². The van der Waals surface area contributed by atoms with E-state index >= 15 is 0 Å². The second kappa shape index (κ2) is 6.84. The summed E-state index contributed by atoms with van der Waals surface area (Å²) in [4.78, 5) is 0. The van der Waals surface area contributed by atoms with Crippen molar-refractivity contribution in [2.45, 2.75) is 38.3 Å². The molecule has 17 heavy (non-hydrogen) atoms. The number of hydrogen-bond donors (Lipinski definition) is 2. The van der Waals surface area contributed by atoms with Gasteiger partial charge < -0.3 is 15.6 Å². The van der Waals surface area contributed by atoms with Crippen LogP contribution in [0.5, 0.6) is 5.75 Å². The Morgan fingerprint density at radius 3 is 2.76 bits per heavy atom. The predicted octanol–water partition coefficient (Wildman–Crippen LogP) is 2.90. The molecule has 1 rings (SSSR count). The zero-order chi connectivity index (χ0) is 12.8. The third kappa shape index (κ3) is 3.87. The first-order valence-corrected chi connectivity index (χ1v) is 6.25. The maximum absolute atomic E-state index is 9.94. The lowest BCUT2D eigenvalue weighted by molar-refractivity contribution is 0.132. The molecule has 0 spiro atoms. The highest BCUT2D eigenvalue weighted by atomic mass is 35.5. The van der Waals surface area contributed by atoms with Crippen LogP contribution < -0.4 is 10.5 Å². The van der Waals surface area contributed by atoms with Gasteiger partial charge in [0.25, 0.3) is 0 Å². The van der Waals surface area contributed by atoms with Crippen LogP contribution in [-0.2, 0) is 0 Å². The van der Waals surface area contributed by atoms with E-state index in [1.165, 1.54) is 0 Å². The number of benzene rings is 1. The van der Waals surface area contributed by atoms with Crippen LogP contribution >= 0.6 is 11.6 Å². The van der Waals surface area contributed by atoms with Crippen molar-refractivity contribution in [2.24, 2.45) is 5.73 Å². The summed E-state index contributed by atoms with van der Waals surface area (Å²) in [5, 5.41) is 10.5. The summed E-state index contributed by atoms with van der Waals surface area (Å²) in [5.41, 5.74) is 6.85. The van der Waals surface area contributed by atoms with Gasteiger partial charge in [0.15, 0.2) is 0 Å². The molecule has 4 heteroatoms. The molecule has 0 aliphatic carbocycles. The van der Waals surface area contributed by atoms with Gasteiger partial charge in [-0.25, -0.2) is 0 Å². The van der Waals surface area contributed by atoms with Crippen LogP contribution in [0.25, 0.3) is 0 Å². The SMILES string of the molecule is CCCC[C@@H](O)[C@@H](N)c1ccc(Cl)c(OC)c1. The number of rotatable bonds is 6. The highest BCUT2D eigenvalue weighted by Crippen LogP contribution is 2.28. The molecule has 0 amide bonds. The van der Waals surface area contributed by atoms with E-state index in [-0.39, 0.29) is 0 Å². The third-order valence-electron chi connectivity index (χ3n) is 2.83. The Morgan fingerprint density at radius 1 is 1.47 bits per heavy atom. The van der Waals surface area contributed by atoms with Crippen molar-refractivity contribution >= 4 is 11.6 Å². The van der Waals surface area contributed by atoms with Crippen molar-refractivity contribution in [1.29, 1.82) is 0 Å². The maximum atomic E-state index is 9.94. The van der Waals surface area contributed by atoms with E-state index in [1.54, 1.807) is 19.2 Å².